The van der Waals surface area contributed by atoms with E-state index in [1.165, 1.54) is 11.3 Å². The van der Waals surface area contributed by atoms with Crippen LogP contribution in [0.4, 0.5) is 0 Å². The number of hydrogen-bond acceptors (Lipinski definition) is 5. The van der Waals surface area contributed by atoms with Gasteiger partial charge in [0.15, 0.2) is 5.76 Å². The molecule has 2 rings (SSSR count). The lowest BCUT2D eigenvalue weighted by atomic mass is 10.0. The lowest BCUT2D eigenvalue weighted by molar-refractivity contribution is 0.100. The molecule has 0 aliphatic rings. The molecule has 0 aliphatic carbocycles. The Bertz CT molecular complexity index is 617. The van der Waals surface area contributed by atoms with Crippen molar-refractivity contribution in [1.29, 1.82) is 0 Å². The van der Waals surface area contributed by atoms with Gasteiger partial charge in [-0.1, -0.05) is 18.5 Å². The van der Waals surface area contributed by atoms with Crippen LogP contribution in [0.3, 0.4) is 0 Å². The van der Waals surface area contributed by atoms with E-state index in [9.17, 15) is 4.79 Å². The lowest BCUT2D eigenvalue weighted by Gasteiger charge is -2.03. The third-order valence-electron chi connectivity index (χ3n) is 3.19. The van der Waals surface area contributed by atoms with Gasteiger partial charge in [-0.05, 0) is 31.6 Å². The molecule has 0 fully saturated rings. The molecule has 0 saturated carbocycles. The summed E-state index contributed by atoms with van der Waals surface area (Å²) in [5, 5.41) is 3.93. The van der Waals surface area contributed by atoms with Gasteiger partial charge in [-0.25, -0.2) is 0 Å². The van der Waals surface area contributed by atoms with E-state index in [2.05, 4.69) is 12.1 Å². The minimum absolute atomic E-state index is 0.385. The first-order valence-corrected chi connectivity index (χ1v) is 8.55. The normalized spacial score (nSPS) is 10.9. The molecular formula is C14H18N2O2S2. The van der Waals surface area contributed by atoms with Crippen LogP contribution < -0.4 is 5.73 Å². The number of aryl methyl sites for hydroxylation is 1. The number of primary amides is 1. The topological polar surface area (TPSA) is 69.1 Å². The van der Waals surface area contributed by atoms with Crippen LogP contribution in [-0.4, -0.2) is 17.3 Å². The molecule has 108 valence electrons. The summed E-state index contributed by atoms with van der Waals surface area (Å²) in [5.74, 6) is 0.396. The van der Waals surface area contributed by atoms with E-state index < -0.39 is 0 Å². The van der Waals surface area contributed by atoms with Crippen LogP contribution in [0.25, 0.3) is 11.3 Å². The van der Waals surface area contributed by atoms with Crippen molar-refractivity contribution < 1.29 is 9.32 Å². The summed E-state index contributed by atoms with van der Waals surface area (Å²) in [5.41, 5.74) is 8.40. The van der Waals surface area contributed by atoms with Crippen molar-refractivity contribution >= 4 is 29.0 Å². The molecule has 20 heavy (non-hydrogen) atoms. The number of nitrogens with zero attached hydrogens (tertiary/aromatic N) is 1. The number of amides is 1. The number of rotatable bonds is 6. The van der Waals surface area contributed by atoms with Crippen molar-refractivity contribution in [2.75, 3.05) is 6.26 Å². The second kappa shape index (κ2) is 6.45. The predicted octanol–water partition coefficient (Wildman–Crippen LogP) is 3.87. The number of aromatic nitrogens is 1. The predicted molar refractivity (Wildman–Crippen MR) is 83.5 cm³/mol. The molecular weight excluding hydrogens is 292 g/mol. The number of unbranched alkanes of at least 4 members (excludes halogenated alkanes) is 1. The molecule has 0 radical (unpaired) electrons. The Morgan fingerprint density at radius 3 is 2.90 bits per heavy atom. The molecule has 4 nitrogen and oxygen atoms in total. The number of thiophene rings is 1. The van der Waals surface area contributed by atoms with Gasteiger partial charge in [0.1, 0.15) is 0 Å². The van der Waals surface area contributed by atoms with Crippen LogP contribution in [0.15, 0.2) is 14.9 Å². The van der Waals surface area contributed by atoms with Gasteiger partial charge in [0, 0.05) is 11.1 Å². The molecule has 0 spiro atoms. The Balaban J connectivity index is 2.52. The fourth-order valence-electron chi connectivity index (χ4n) is 2.14. The van der Waals surface area contributed by atoms with Gasteiger partial charge in [0.2, 0.25) is 0 Å². The summed E-state index contributed by atoms with van der Waals surface area (Å²) >= 11 is 3.03. The number of thioether (sulfide) groups is 1. The SMILES string of the molecule is CCCCc1cnoc1-c1c(SC)sc(C(N)=O)c1C. The van der Waals surface area contributed by atoms with Crippen molar-refractivity contribution in [2.45, 2.75) is 37.3 Å². The summed E-state index contributed by atoms with van der Waals surface area (Å²) in [4.78, 5) is 12.1. The third-order valence-corrected chi connectivity index (χ3v) is 5.62. The summed E-state index contributed by atoms with van der Waals surface area (Å²) in [6, 6.07) is 0. The van der Waals surface area contributed by atoms with E-state index in [-0.39, 0.29) is 5.91 Å². The Morgan fingerprint density at radius 2 is 2.30 bits per heavy atom. The van der Waals surface area contributed by atoms with Gasteiger partial charge in [0.25, 0.3) is 5.91 Å². The Morgan fingerprint density at radius 1 is 1.55 bits per heavy atom. The van der Waals surface area contributed by atoms with E-state index >= 15 is 0 Å². The van der Waals surface area contributed by atoms with Gasteiger partial charge in [-0.3, -0.25) is 4.79 Å². The fourth-order valence-corrected chi connectivity index (χ4v) is 4.06. The monoisotopic (exact) mass is 310 g/mol. The summed E-state index contributed by atoms with van der Waals surface area (Å²) in [6.45, 7) is 4.07. The van der Waals surface area contributed by atoms with Crippen LogP contribution in [0, 0.1) is 6.92 Å². The fraction of sp³-hybridized carbons (Fsp3) is 0.429. The minimum atomic E-state index is -0.385. The molecule has 2 N–H and O–H groups in total. The highest BCUT2D eigenvalue weighted by Gasteiger charge is 2.23. The molecule has 0 aromatic carbocycles. The zero-order valence-electron chi connectivity index (χ0n) is 11.9. The Labute approximate surface area is 126 Å². The van der Waals surface area contributed by atoms with Gasteiger partial charge >= 0.3 is 0 Å². The van der Waals surface area contributed by atoms with Crippen molar-refractivity contribution in [1.82, 2.24) is 5.16 Å². The van der Waals surface area contributed by atoms with E-state index in [0.717, 1.165) is 45.9 Å². The van der Waals surface area contributed by atoms with E-state index in [1.54, 1.807) is 18.0 Å². The molecule has 2 aromatic heterocycles. The molecule has 0 bridgehead atoms. The van der Waals surface area contributed by atoms with Crippen molar-refractivity contribution in [2.24, 2.45) is 5.73 Å². The first-order chi connectivity index (χ1) is 9.60. The zero-order chi connectivity index (χ0) is 14.7. The first-order valence-electron chi connectivity index (χ1n) is 6.51. The quantitative estimate of drug-likeness (QED) is 0.822. The minimum Gasteiger partial charge on any atom is -0.365 e. The molecule has 2 aromatic rings. The second-order valence-corrected chi connectivity index (χ2v) is 6.67. The molecule has 0 atom stereocenters. The standard InChI is InChI=1S/C14H18N2O2S2/c1-4-5-6-9-7-16-18-11(9)10-8(2)12(13(15)17)20-14(10)19-3/h7H,4-6H2,1-3H3,(H2,15,17). The maximum absolute atomic E-state index is 11.5. The number of carbonyl (C=O) groups excluding carboxylic acids is 1. The van der Waals surface area contributed by atoms with Crippen molar-refractivity contribution in [3.63, 3.8) is 0 Å². The molecule has 2 heterocycles. The molecule has 1 amide bonds. The lowest BCUT2D eigenvalue weighted by Crippen LogP contribution is -2.10. The van der Waals surface area contributed by atoms with Gasteiger partial charge in [-0.15, -0.1) is 23.1 Å². The van der Waals surface area contributed by atoms with Crippen LogP contribution in [0.2, 0.25) is 0 Å². The van der Waals surface area contributed by atoms with Crippen LogP contribution in [-0.2, 0) is 6.42 Å². The average Bonchev–Trinajstić information content (AvgIpc) is 2.99. The van der Waals surface area contributed by atoms with E-state index in [0.29, 0.717) is 4.88 Å². The maximum atomic E-state index is 11.5. The number of hydrogen-bond donors (Lipinski definition) is 1. The molecule has 0 unspecified atom stereocenters. The van der Waals surface area contributed by atoms with Gasteiger partial charge in [-0.2, -0.15) is 0 Å². The second-order valence-electron chi connectivity index (χ2n) is 4.57. The van der Waals surface area contributed by atoms with Crippen LogP contribution in [0.1, 0.15) is 40.6 Å². The maximum Gasteiger partial charge on any atom is 0.259 e. The smallest absolute Gasteiger partial charge is 0.259 e. The largest absolute Gasteiger partial charge is 0.365 e. The van der Waals surface area contributed by atoms with Gasteiger partial charge in [0.05, 0.1) is 15.3 Å². The van der Waals surface area contributed by atoms with Gasteiger partial charge < -0.3 is 10.3 Å². The van der Waals surface area contributed by atoms with Crippen LogP contribution in [0.5, 0.6) is 0 Å². The zero-order valence-corrected chi connectivity index (χ0v) is 13.5. The van der Waals surface area contributed by atoms with Crippen LogP contribution >= 0.6 is 23.1 Å². The number of nitrogens with two attached hydrogens (primary N) is 1. The van der Waals surface area contributed by atoms with E-state index in [1.807, 2.05) is 13.2 Å². The Kier molecular flexibility index (Phi) is 4.88. The summed E-state index contributed by atoms with van der Waals surface area (Å²) in [6.07, 6.45) is 6.91. The summed E-state index contributed by atoms with van der Waals surface area (Å²) in [7, 11) is 0. The molecule has 0 aliphatic heterocycles. The Hall–Kier alpha value is -1.27. The highest BCUT2D eigenvalue weighted by atomic mass is 32.2. The van der Waals surface area contributed by atoms with E-state index in [4.69, 9.17) is 10.3 Å². The molecule has 6 heteroatoms. The third kappa shape index (κ3) is 2.76. The average molecular weight is 310 g/mol. The highest BCUT2D eigenvalue weighted by Crippen LogP contribution is 2.42. The molecule has 0 saturated heterocycles. The summed E-state index contributed by atoms with van der Waals surface area (Å²) < 4.78 is 6.50. The highest BCUT2D eigenvalue weighted by molar-refractivity contribution is 8.00. The first kappa shape index (κ1) is 15.1. The van der Waals surface area contributed by atoms with Crippen molar-refractivity contribution in [3.8, 4) is 11.3 Å². The number of carbonyl (C=O) groups is 1. The van der Waals surface area contributed by atoms with Crippen molar-refractivity contribution in [3.05, 3.63) is 22.2 Å².